The zero-order chi connectivity index (χ0) is 20.8. The van der Waals surface area contributed by atoms with Crippen molar-refractivity contribution in [2.75, 3.05) is 5.32 Å². The van der Waals surface area contributed by atoms with E-state index in [1.807, 2.05) is 56.3 Å². The van der Waals surface area contributed by atoms with E-state index in [0.29, 0.717) is 27.9 Å². The first-order valence-electron chi connectivity index (χ1n) is 9.49. The third-order valence-electron chi connectivity index (χ3n) is 5.08. The van der Waals surface area contributed by atoms with Crippen molar-refractivity contribution in [1.29, 1.82) is 0 Å². The number of amides is 1. The van der Waals surface area contributed by atoms with Crippen molar-refractivity contribution in [3.8, 4) is 17.2 Å². The van der Waals surface area contributed by atoms with Gasteiger partial charge in [-0.2, -0.15) is 0 Å². The average Bonchev–Trinajstić information content (AvgIpc) is 3.30. The van der Waals surface area contributed by atoms with Crippen LogP contribution in [0.15, 0.2) is 69.5 Å². The molecule has 0 fully saturated rings. The largest absolute Gasteiger partial charge is 0.507 e. The predicted molar refractivity (Wildman–Crippen MR) is 115 cm³/mol. The van der Waals surface area contributed by atoms with Gasteiger partial charge in [0.05, 0.1) is 5.56 Å². The number of carbonyl (C=O) groups excluding carboxylic acids is 1. The fourth-order valence-electron chi connectivity index (χ4n) is 3.52. The van der Waals surface area contributed by atoms with E-state index in [9.17, 15) is 9.90 Å². The summed E-state index contributed by atoms with van der Waals surface area (Å²) in [4.78, 5) is 17.3. The Hall–Kier alpha value is -4.06. The lowest BCUT2D eigenvalue weighted by molar-refractivity contribution is 0.0998. The second kappa shape index (κ2) is 6.77. The van der Waals surface area contributed by atoms with Crippen molar-refractivity contribution in [3.05, 3.63) is 77.6 Å². The summed E-state index contributed by atoms with van der Waals surface area (Å²) in [7, 11) is 0. The molecule has 6 nitrogen and oxygen atoms in total. The van der Waals surface area contributed by atoms with Gasteiger partial charge in [0.2, 0.25) is 5.89 Å². The topological polar surface area (TPSA) is 88.5 Å². The summed E-state index contributed by atoms with van der Waals surface area (Å²) in [5.41, 5.74) is 4.71. The average molecular weight is 398 g/mol. The molecule has 0 bridgehead atoms. The van der Waals surface area contributed by atoms with Gasteiger partial charge in [0, 0.05) is 16.6 Å². The van der Waals surface area contributed by atoms with E-state index in [4.69, 9.17) is 8.83 Å². The van der Waals surface area contributed by atoms with Crippen molar-refractivity contribution in [1.82, 2.24) is 4.98 Å². The van der Waals surface area contributed by atoms with Crippen molar-refractivity contribution >= 4 is 33.7 Å². The lowest BCUT2D eigenvalue weighted by atomic mass is 10.1. The normalized spacial score (nSPS) is 11.3. The van der Waals surface area contributed by atoms with Crippen LogP contribution < -0.4 is 5.32 Å². The van der Waals surface area contributed by atoms with Crippen LogP contribution in [-0.2, 0) is 0 Å². The molecule has 30 heavy (non-hydrogen) atoms. The summed E-state index contributed by atoms with van der Waals surface area (Å²) in [6.07, 6.45) is 0. The Balaban J connectivity index is 1.49. The molecule has 0 saturated heterocycles. The van der Waals surface area contributed by atoms with Gasteiger partial charge in [0.25, 0.3) is 5.91 Å². The molecule has 0 spiro atoms. The first-order valence-corrected chi connectivity index (χ1v) is 9.49. The van der Waals surface area contributed by atoms with Gasteiger partial charge in [-0.15, -0.1) is 0 Å². The molecule has 6 heteroatoms. The molecule has 0 aliphatic heterocycles. The molecule has 0 atom stereocenters. The van der Waals surface area contributed by atoms with E-state index in [1.54, 1.807) is 12.1 Å². The number of hydrogen-bond donors (Lipinski definition) is 2. The van der Waals surface area contributed by atoms with Crippen LogP contribution in [0.25, 0.3) is 33.5 Å². The number of aryl methyl sites for hydroxylation is 2. The predicted octanol–water partition coefficient (Wildman–Crippen LogP) is 5.82. The summed E-state index contributed by atoms with van der Waals surface area (Å²) >= 11 is 0. The molecule has 2 N–H and O–H groups in total. The molecular weight excluding hydrogens is 380 g/mol. The molecule has 0 aliphatic rings. The van der Waals surface area contributed by atoms with Gasteiger partial charge < -0.3 is 19.3 Å². The van der Waals surface area contributed by atoms with Gasteiger partial charge in [0.15, 0.2) is 11.3 Å². The van der Waals surface area contributed by atoms with E-state index in [1.165, 1.54) is 6.07 Å². The van der Waals surface area contributed by atoms with Crippen molar-refractivity contribution in [3.63, 3.8) is 0 Å². The highest BCUT2D eigenvalue weighted by Gasteiger charge is 2.19. The van der Waals surface area contributed by atoms with Crippen LogP contribution in [0.3, 0.4) is 0 Å². The highest BCUT2D eigenvalue weighted by molar-refractivity contribution is 6.06. The number of oxazole rings is 1. The third-order valence-corrected chi connectivity index (χ3v) is 5.08. The van der Waals surface area contributed by atoms with E-state index >= 15 is 0 Å². The smallest absolute Gasteiger partial charge is 0.291 e. The van der Waals surface area contributed by atoms with Crippen LogP contribution in [0.5, 0.6) is 5.75 Å². The number of nitrogens with one attached hydrogen (secondary N) is 1. The van der Waals surface area contributed by atoms with Crippen LogP contribution in [0, 0.1) is 13.8 Å². The van der Waals surface area contributed by atoms with Gasteiger partial charge in [-0.25, -0.2) is 4.98 Å². The van der Waals surface area contributed by atoms with Crippen LogP contribution >= 0.6 is 0 Å². The number of anilines is 1. The number of phenolic OH excluding ortho intramolecular Hbond substituents is 1. The van der Waals surface area contributed by atoms with Crippen LogP contribution in [0.4, 0.5) is 5.69 Å². The van der Waals surface area contributed by atoms with Crippen molar-refractivity contribution < 1.29 is 18.7 Å². The number of hydrogen-bond acceptors (Lipinski definition) is 5. The van der Waals surface area contributed by atoms with Crippen LogP contribution in [-0.4, -0.2) is 16.0 Å². The Bertz CT molecular complexity index is 1430. The lowest BCUT2D eigenvalue weighted by Gasteiger charge is -2.07. The molecule has 0 aliphatic carbocycles. The lowest BCUT2D eigenvalue weighted by Crippen LogP contribution is -2.12. The molecule has 0 radical (unpaired) electrons. The number of nitrogens with zero attached hydrogens (tertiary/aromatic N) is 1. The van der Waals surface area contributed by atoms with E-state index in [-0.39, 0.29) is 23.3 Å². The minimum Gasteiger partial charge on any atom is -0.507 e. The van der Waals surface area contributed by atoms with Gasteiger partial charge >= 0.3 is 0 Å². The fraction of sp³-hybridized carbons (Fsp3) is 0.0833. The maximum absolute atomic E-state index is 12.8. The van der Waals surface area contributed by atoms with E-state index in [2.05, 4.69) is 10.3 Å². The van der Waals surface area contributed by atoms with Crippen LogP contribution in [0.1, 0.15) is 21.7 Å². The van der Waals surface area contributed by atoms with Crippen molar-refractivity contribution in [2.24, 2.45) is 0 Å². The summed E-state index contributed by atoms with van der Waals surface area (Å²) in [5.74, 6) is 0.178. The monoisotopic (exact) mass is 398 g/mol. The Morgan fingerprint density at radius 1 is 0.967 bits per heavy atom. The van der Waals surface area contributed by atoms with E-state index in [0.717, 1.165) is 16.5 Å². The highest BCUT2D eigenvalue weighted by atomic mass is 16.4. The molecular formula is C24H18N2O4. The summed E-state index contributed by atoms with van der Waals surface area (Å²) in [5, 5.41) is 14.1. The number of fused-ring (bicyclic) bond motifs is 2. The maximum atomic E-state index is 12.8. The number of furan rings is 1. The molecule has 5 aromatic rings. The second-order valence-corrected chi connectivity index (χ2v) is 7.23. The SMILES string of the molecule is Cc1ccc2oc(-c3cc(NC(=O)c4oc5ccccc5c4C)ccc3O)nc2c1. The summed E-state index contributed by atoms with van der Waals surface area (Å²) in [6, 6.07) is 17.9. The number of rotatable bonds is 3. The fourth-order valence-corrected chi connectivity index (χ4v) is 3.52. The summed E-state index contributed by atoms with van der Waals surface area (Å²) in [6.45, 7) is 3.82. The van der Waals surface area contributed by atoms with Gasteiger partial charge in [-0.05, 0) is 55.8 Å². The quantitative estimate of drug-likeness (QED) is 0.374. The third kappa shape index (κ3) is 2.99. The second-order valence-electron chi connectivity index (χ2n) is 7.23. The van der Waals surface area contributed by atoms with Crippen LogP contribution in [0.2, 0.25) is 0 Å². The Kier molecular flexibility index (Phi) is 4.06. The van der Waals surface area contributed by atoms with Crippen molar-refractivity contribution in [2.45, 2.75) is 13.8 Å². The Labute approximate surface area is 171 Å². The number of benzene rings is 3. The first kappa shape index (κ1) is 18.0. The molecule has 0 saturated carbocycles. The number of carbonyl (C=O) groups is 1. The minimum atomic E-state index is -0.367. The number of aromatic hydroxyl groups is 1. The standard InChI is InChI=1S/C24H18N2O4/c1-13-7-10-21-18(11-13)26-24(30-21)17-12-15(8-9-19(17)27)25-23(28)22-14(2)16-5-3-4-6-20(16)29-22/h3-12,27H,1-2H3,(H,25,28). The minimum absolute atomic E-state index is 0.0104. The highest BCUT2D eigenvalue weighted by Crippen LogP contribution is 2.34. The van der Waals surface area contributed by atoms with Gasteiger partial charge in [-0.3, -0.25) is 4.79 Å². The number of aromatic nitrogens is 1. The number of para-hydroxylation sites is 1. The van der Waals surface area contributed by atoms with Gasteiger partial charge in [0.1, 0.15) is 16.8 Å². The molecule has 3 aromatic carbocycles. The molecule has 148 valence electrons. The zero-order valence-electron chi connectivity index (χ0n) is 16.4. The van der Waals surface area contributed by atoms with E-state index < -0.39 is 0 Å². The molecule has 2 heterocycles. The summed E-state index contributed by atoms with van der Waals surface area (Å²) < 4.78 is 11.5. The number of phenols is 1. The zero-order valence-corrected chi connectivity index (χ0v) is 16.4. The van der Waals surface area contributed by atoms with Gasteiger partial charge in [-0.1, -0.05) is 24.3 Å². The molecule has 5 rings (SSSR count). The molecule has 0 unspecified atom stereocenters. The Morgan fingerprint density at radius 3 is 2.63 bits per heavy atom. The first-order chi connectivity index (χ1) is 14.5. The molecule has 2 aromatic heterocycles. The molecule has 1 amide bonds. The maximum Gasteiger partial charge on any atom is 0.291 e. The Morgan fingerprint density at radius 2 is 1.80 bits per heavy atom.